The Morgan fingerprint density at radius 3 is 1.39 bits per heavy atom. The molecule has 0 aliphatic rings. The second kappa shape index (κ2) is 7.58. The average molecular weight is 258 g/mol. The standard InChI is InChI=1S/C8H14O3.C4H6O3/c1-5(9)6(7(10)11)8(2,3)4;1-3(5)2-4(6)7/h6H,1-4H3,(H,10,11);2H2,1H3,(H,6,7)/p-2. The van der Waals surface area contributed by atoms with E-state index < -0.39 is 29.7 Å². The van der Waals surface area contributed by atoms with Crippen molar-refractivity contribution in [2.24, 2.45) is 11.3 Å². The van der Waals surface area contributed by atoms with E-state index in [1.165, 1.54) is 13.8 Å². The second-order valence-electron chi connectivity index (χ2n) is 4.98. The number of hydrogen-bond acceptors (Lipinski definition) is 6. The molecule has 0 saturated carbocycles. The van der Waals surface area contributed by atoms with Gasteiger partial charge in [0.15, 0.2) is 0 Å². The van der Waals surface area contributed by atoms with Gasteiger partial charge in [0.2, 0.25) is 0 Å². The van der Waals surface area contributed by atoms with Crippen molar-refractivity contribution in [3.05, 3.63) is 0 Å². The van der Waals surface area contributed by atoms with Crippen molar-refractivity contribution in [3.8, 4) is 0 Å². The first-order chi connectivity index (χ1) is 7.89. The maximum Gasteiger partial charge on any atom is 0.139 e. The Labute approximate surface area is 106 Å². The van der Waals surface area contributed by atoms with Crippen LogP contribution in [0.1, 0.15) is 41.0 Å². The van der Waals surface area contributed by atoms with E-state index in [1.54, 1.807) is 20.8 Å². The summed E-state index contributed by atoms with van der Waals surface area (Å²) in [5.74, 6) is -4.32. The second-order valence-corrected chi connectivity index (χ2v) is 4.98. The first-order valence-electron chi connectivity index (χ1n) is 5.30. The van der Waals surface area contributed by atoms with Crippen LogP contribution in [0.2, 0.25) is 0 Å². The molecule has 0 bridgehead atoms. The predicted molar refractivity (Wildman–Crippen MR) is 58.9 cm³/mol. The Morgan fingerprint density at radius 2 is 1.39 bits per heavy atom. The molecule has 1 unspecified atom stereocenters. The first-order valence-corrected chi connectivity index (χ1v) is 5.30. The van der Waals surface area contributed by atoms with Gasteiger partial charge in [-0.3, -0.25) is 9.59 Å². The Balaban J connectivity index is 0. The Morgan fingerprint density at radius 1 is 1.00 bits per heavy atom. The Hall–Kier alpha value is -1.72. The molecule has 0 aliphatic heterocycles. The topological polar surface area (TPSA) is 114 Å². The molecule has 0 saturated heterocycles. The van der Waals surface area contributed by atoms with Crippen LogP contribution in [0.5, 0.6) is 0 Å². The first kappa shape index (κ1) is 18.6. The van der Waals surface area contributed by atoms with Crippen LogP contribution in [0, 0.1) is 11.3 Å². The van der Waals surface area contributed by atoms with Crippen molar-refractivity contribution in [2.45, 2.75) is 41.0 Å². The predicted octanol–water partition coefficient (Wildman–Crippen LogP) is -1.30. The molecule has 6 nitrogen and oxygen atoms in total. The van der Waals surface area contributed by atoms with Gasteiger partial charge in [-0.05, 0) is 19.3 Å². The number of carbonyl (C=O) groups excluding carboxylic acids is 4. The summed E-state index contributed by atoms with van der Waals surface area (Å²) in [5.41, 5.74) is -0.551. The van der Waals surface area contributed by atoms with Gasteiger partial charge in [0.25, 0.3) is 0 Å². The molecule has 0 aliphatic carbocycles. The SMILES string of the molecule is CC(=O)C(C(=O)[O-])C(C)(C)C.CC(=O)CC(=O)[O-]. The molecule has 0 aromatic heterocycles. The normalized spacial score (nSPS) is 11.8. The molecule has 0 N–H and O–H groups in total. The van der Waals surface area contributed by atoms with Crippen LogP contribution in [0.15, 0.2) is 0 Å². The minimum atomic E-state index is -1.31. The summed E-state index contributed by atoms with van der Waals surface area (Å²) in [6.07, 6.45) is -0.472. The van der Waals surface area contributed by atoms with E-state index in [1.807, 2.05) is 0 Å². The highest BCUT2D eigenvalue weighted by Crippen LogP contribution is 2.25. The molecule has 1 atom stereocenters. The van der Waals surface area contributed by atoms with Gasteiger partial charge in [0, 0.05) is 12.4 Å². The van der Waals surface area contributed by atoms with Gasteiger partial charge in [0.1, 0.15) is 11.6 Å². The van der Waals surface area contributed by atoms with Gasteiger partial charge in [0.05, 0.1) is 11.9 Å². The molecule has 0 aromatic rings. The number of rotatable bonds is 4. The van der Waals surface area contributed by atoms with Gasteiger partial charge < -0.3 is 19.8 Å². The van der Waals surface area contributed by atoms with Crippen LogP contribution in [0.3, 0.4) is 0 Å². The van der Waals surface area contributed by atoms with Crippen molar-refractivity contribution in [1.29, 1.82) is 0 Å². The largest absolute Gasteiger partial charge is 0.550 e. The maximum absolute atomic E-state index is 10.8. The maximum atomic E-state index is 10.8. The zero-order valence-electron chi connectivity index (χ0n) is 11.2. The minimum absolute atomic E-state index is 0.350. The number of ketones is 2. The number of carbonyl (C=O) groups is 4. The van der Waals surface area contributed by atoms with E-state index in [2.05, 4.69) is 0 Å². The van der Waals surface area contributed by atoms with Crippen LogP contribution in [-0.4, -0.2) is 23.5 Å². The van der Waals surface area contributed by atoms with Crippen molar-refractivity contribution < 1.29 is 29.4 Å². The summed E-state index contributed by atoms with van der Waals surface area (Å²) in [7, 11) is 0. The number of carboxylic acid groups (broad SMARTS) is 2. The zero-order chi connectivity index (χ0) is 15.1. The lowest BCUT2D eigenvalue weighted by Gasteiger charge is -2.28. The Kier molecular flexibility index (Phi) is 7.85. The zero-order valence-corrected chi connectivity index (χ0v) is 11.2. The lowest BCUT2D eigenvalue weighted by atomic mass is 9.78. The van der Waals surface area contributed by atoms with Gasteiger partial charge in [-0.15, -0.1) is 0 Å². The minimum Gasteiger partial charge on any atom is -0.550 e. The van der Waals surface area contributed by atoms with E-state index in [0.29, 0.717) is 0 Å². The molecule has 0 rings (SSSR count). The van der Waals surface area contributed by atoms with E-state index in [-0.39, 0.29) is 11.6 Å². The molecule has 18 heavy (non-hydrogen) atoms. The van der Waals surface area contributed by atoms with Crippen LogP contribution in [-0.2, 0) is 19.2 Å². The fraction of sp³-hybridized carbons (Fsp3) is 0.667. The van der Waals surface area contributed by atoms with Crippen molar-refractivity contribution in [2.75, 3.05) is 0 Å². The van der Waals surface area contributed by atoms with E-state index in [4.69, 9.17) is 0 Å². The number of aliphatic carboxylic acids is 2. The third-order valence-corrected chi connectivity index (χ3v) is 1.90. The van der Waals surface area contributed by atoms with Crippen molar-refractivity contribution in [3.63, 3.8) is 0 Å². The lowest BCUT2D eigenvalue weighted by Crippen LogP contribution is -2.42. The van der Waals surface area contributed by atoms with E-state index in [9.17, 15) is 29.4 Å². The molecule has 0 fully saturated rings. The molecule has 6 heteroatoms. The highest BCUT2D eigenvalue weighted by molar-refractivity contribution is 5.96. The number of carboxylic acids is 2. The highest BCUT2D eigenvalue weighted by atomic mass is 16.4. The molecule has 0 spiro atoms. The summed E-state index contributed by atoms with van der Waals surface area (Å²) < 4.78 is 0. The summed E-state index contributed by atoms with van der Waals surface area (Å²) in [6, 6.07) is 0. The molecular formula is C12H18O6-2. The summed E-state index contributed by atoms with van der Waals surface area (Å²) in [6.45, 7) is 7.58. The third-order valence-electron chi connectivity index (χ3n) is 1.90. The third kappa shape index (κ3) is 9.50. The smallest absolute Gasteiger partial charge is 0.139 e. The van der Waals surface area contributed by atoms with Crippen LogP contribution < -0.4 is 10.2 Å². The van der Waals surface area contributed by atoms with Crippen molar-refractivity contribution >= 4 is 23.5 Å². The molecule has 0 amide bonds. The summed E-state index contributed by atoms with van der Waals surface area (Å²) in [5, 5.41) is 19.9. The molecular weight excluding hydrogens is 240 g/mol. The Bertz CT molecular complexity index is 311. The lowest BCUT2D eigenvalue weighted by molar-refractivity contribution is -0.313. The quantitative estimate of drug-likeness (QED) is 0.579. The van der Waals surface area contributed by atoms with Gasteiger partial charge in [-0.1, -0.05) is 20.8 Å². The van der Waals surface area contributed by atoms with Crippen LogP contribution >= 0.6 is 0 Å². The molecule has 104 valence electrons. The van der Waals surface area contributed by atoms with Crippen molar-refractivity contribution in [1.82, 2.24) is 0 Å². The van der Waals surface area contributed by atoms with Crippen LogP contribution in [0.25, 0.3) is 0 Å². The van der Waals surface area contributed by atoms with E-state index in [0.717, 1.165) is 0 Å². The highest BCUT2D eigenvalue weighted by Gasteiger charge is 2.29. The van der Waals surface area contributed by atoms with E-state index >= 15 is 0 Å². The van der Waals surface area contributed by atoms with Gasteiger partial charge in [-0.2, -0.15) is 0 Å². The number of hydrogen-bond donors (Lipinski definition) is 0. The number of Topliss-reactive ketones (excluding diaryl/α,β-unsaturated/α-hetero) is 2. The molecule has 0 radical (unpaired) electrons. The van der Waals surface area contributed by atoms with Crippen LogP contribution in [0.4, 0.5) is 0 Å². The summed E-state index contributed by atoms with van der Waals surface area (Å²) in [4.78, 5) is 40.6. The fourth-order valence-electron chi connectivity index (χ4n) is 1.33. The average Bonchev–Trinajstić information content (AvgIpc) is 1.95. The monoisotopic (exact) mass is 258 g/mol. The molecule has 0 heterocycles. The fourth-order valence-corrected chi connectivity index (χ4v) is 1.33. The van der Waals surface area contributed by atoms with Gasteiger partial charge >= 0.3 is 0 Å². The molecule has 0 aromatic carbocycles. The summed E-state index contributed by atoms with van der Waals surface area (Å²) >= 11 is 0. The van der Waals surface area contributed by atoms with Gasteiger partial charge in [-0.25, -0.2) is 0 Å².